The van der Waals surface area contributed by atoms with E-state index in [1.807, 2.05) is 0 Å². The number of amides is 2. The van der Waals surface area contributed by atoms with Gasteiger partial charge in [0.25, 0.3) is 0 Å². The summed E-state index contributed by atoms with van der Waals surface area (Å²) in [4.78, 5) is 36.9. The van der Waals surface area contributed by atoms with Gasteiger partial charge in [-0.15, -0.1) is 0 Å². The van der Waals surface area contributed by atoms with E-state index in [-0.39, 0.29) is 21.8 Å². The van der Waals surface area contributed by atoms with Crippen LogP contribution in [0.15, 0.2) is 60.8 Å². The van der Waals surface area contributed by atoms with E-state index >= 15 is 4.39 Å². The van der Waals surface area contributed by atoms with Gasteiger partial charge in [0.15, 0.2) is 11.6 Å². The van der Waals surface area contributed by atoms with E-state index in [4.69, 9.17) is 11.6 Å². The van der Waals surface area contributed by atoms with Crippen molar-refractivity contribution in [3.05, 3.63) is 88.6 Å². The number of ketones is 1. The van der Waals surface area contributed by atoms with Crippen LogP contribution in [0.5, 0.6) is 0 Å². The molecule has 1 aliphatic rings. The molecule has 8 nitrogen and oxygen atoms in total. The van der Waals surface area contributed by atoms with Crippen LogP contribution >= 0.6 is 11.6 Å². The standard InChI is InChI=1S/C26H21ClF2N6O2/c27-18-6-8-20(34-26(37)32-17-4-2-16(28)3-5-17)24(29)23(18)25(36)15-1-7-19-21(13-15)33-22(14-31-19)35-11-9-30-10-12-35/h1-8,13-14,30H,9-12H2,(H2,32,34,37). The Morgan fingerprint density at radius 3 is 2.46 bits per heavy atom. The van der Waals surface area contributed by atoms with Crippen LogP contribution in [-0.2, 0) is 0 Å². The molecule has 1 fully saturated rings. The van der Waals surface area contributed by atoms with Gasteiger partial charge in [-0.2, -0.15) is 0 Å². The maximum Gasteiger partial charge on any atom is 0.323 e. The maximum atomic E-state index is 15.4. The molecule has 188 valence electrons. The second-order valence-corrected chi connectivity index (χ2v) is 8.78. The van der Waals surface area contributed by atoms with Crippen LogP contribution in [0.25, 0.3) is 11.0 Å². The number of hydrogen-bond acceptors (Lipinski definition) is 6. The Morgan fingerprint density at radius 2 is 1.70 bits per heavy atom. The van der Waals surface area contributed by atoms with Crippen molar-refractivity contribution in [1.82, 2.24) is 15.3 Å². The summed E-state index contributed by atoms with van der Waals surface area (Å²) < 4.78 is 28.5. The quantitative estimate of drug-likeness (QED) is 0.324. The van der Waals surface area contributed by atoms with Crippen LogP contribution in [0.2, 0.25) is 5.02 Å². The lowest BCUT2D eigenvalue weighted by Gasteiger charge is -2.28. The Kier molecular flexibility index (Phi) is 6.93. The second-order valence-electron chi connectivity index (χ2n) is 8.37. The number of rotatable bonds is 5. The predicted octanol–water partition coefficient (Wildman–Crippen LogP) is 4.85. The third-order valence-electron chi connectivity index (χ3n) is 5.90. The topological polar surface area (TPSA) is 99.2 Å². The highest BCUT2D eigenvalue weighted by atomic mass is 35.5. The molecule has 0 spiro atoms. The van der Waals surface area contributed by atoms with E-state index in [0.717, 1.165) is 26.2 Å². The Labute approximate surface area is 215 Å². The molecule has 1 aromatic heterocycles. The van der Waals surface area contributed by atoms with Gasteiger partial charge in [0.1, 0.15) is 11.6 Å². The maximum absolute atomic E-state index is 15.4. The number of nitrogens with one attached hydrogen (secondary N) is 3. The molecular formula is C26H21ClF2N6O2. The summed E-state index contributed by atoms with van der Waals surface area (Å²) in [6.45, 7) is 3.24. The molecule has 4 aromatic rings. The Morgan fingerprint density at radius 1 is 0.946 bits per heavy atom. The van der Waals surface area contributed by atoms with Crippen molar-refractivity contribution < 1.29 is 18.4 Å². The largest absolute Gasteiger partial charge is 0.353 e. The average Bonchev–Trinajstić information content (AvgIpc) is 2.91. The lowest BCUT2D eigenvalue weighted by atomic mass is 10.0. The molecular weight excluding hydrogens is 502 g/mol. The summed E-state index contributed by atoms with van der Waals surface area (Å²) in [5.74, 6) is -1.41. The number of halogens is 3. The summed E-state index contributed by atoms with van der Waals surface area (Å²) >= 11 is 6.21. The van der Waals surface area contributed by atoms with Crippen LogP contribution in [0.1, 0.15) is 15.9 Å². The summed E-state index contributed by atoms with van der Waals surface area (Å²) in [7, 11) is 0. The Balaban J connectivity index is 1.40. The van der Waals surface area contributed by atoms with Crippen LogP contribution in [0.4, 0.5) is 30.8 Å². The van der Waals surface area contributed by atoms with E-state index < -0.39 is 23.4 Å². The highest BCUT2D eigenvalue weighted by molar-refractivity contribution is 6.35. The number of urea groups is 1. The Hall–Kier alpha value is -4.15. The normalized spacial score (nSPS) is 13.4. The van der Waals surface area contributed by atoms with Gasteiger partial charge in [-0.05, 0) is 54.6 Å². The molecule has 11 heteroatoms. The fourth-order valence-corrected chi connectivity index (χ4v) is 4.24. The first-order chi connectivity index (χ1) is 17.9. The van der Waals surface area contributed by atoms with Gasteiger partial charge >= 0.3 is 6.03 Å². The first-order valence-corrected chi connectivity index (χ1v) is 11.9. The van der Waals surface area contributed by atoms with Crippen molar-refractivity contribution in [3.63, 3.8) is 0 Å². The van der Waals surface area contributed by atoms with Crippen LogP contribution < -0.4 is 20.9 Å². The third kappa shape index (κ3) is 5.35. The van der Waals surface area contributed by atoms with Gasteiger partial charge in [0.05, 0.1) is 33.5 Å². The van der Waals surface area contributed by atoms with Crippen LogP contribution in [0, 0.1) is 11.6 Å². The van der Waals surface area contributed by atoms with Gasteiger partial charge < -0.3 is 20.9 Å². The molecule has 5 rings (SSSR count). The minimum atomic E-state index is -0.979. The molecule has 0 aliphatic carbocycles. The van der Waals surface area contributed by atoms with Crippen LogP contribution in [-0.4, -0.2) is 48.0 Å². The van der Waals surface area contributed by atoms with E-state index in [9.17, 15) is 14.0 Å². The van der Waals surface area contributed by atoms with Gasteiger partial charge in [-0.25, -0.2) is 18.6 Å². The Bertz CT molecular complexity index is 1490. The number of hydrogen-bond donors (Lipinski definition) is 3. The number of aromatic nitrogens is 2. The molecule has 3 aromatic carbocycles. The minimum absolute atomic E-state index is 0.104. The smallest absolute Gasteiger partial charge is 0.323 e. The molecule has 37 heavy (non-hydrogen) atoms. The molecule has 3 N–H and O–H groups in total. The molecule has 2 amide bonds. The van der Waals surface area contributed by atoms with Crippen molar-refractivity contribution in [2.24, 2.45) is 0 Å². The number of carbonyl (C=O) groups excluding carboxylic acids is 2. The predicted molar refractivity (Wildman–Crippen MR) is 139 cm³/mol. The zero-order valence-corrected chi connectivity index (χ0v) is 20.1. The number of benzene rings is 3. The third-order valence-corrected chi connectivity index (χ3v) is 6.22. The molecule has 0 atom stereocenters. The second kappa shape index (κ2) is 10.5. The summed E-state index contributed by atoms with van der Waals surface area (Å²) in [6, 6.07) is 11.6. The molecule has 2 heterocycles. The van der Waals surface area contributed by atoms with Gasteiger partial charge in [-0.1, -0.05) is 11.6 Å². The SMILES string of the molecule is O=C(Nc1ccc(F)cc1)Nc1ccc(Cl)c(C(=O)c2ccc3ncc(N4CCNCC4)nc3c2)c1F. The van der Waals surface area contributed by atoms with E-state index in [2.05, 4.69) is 30.8 Å². The molecule has 0 unspecified atom stereocenters. The average molecular weight is 523 g/mol. The number of nitrogens with zero attached hydrogens (tertiary/aromatic N) is 3. The van der Waals surface area contributed by atoms with Crippen molar-refractivity contribution >= 4 is 51.6 Å². The van der Waals surface area contributed by atoms with Crippen molar-refractivity contribution in [2.45, 2.75) is 0 Å². The van der Waals surface area contributed by atoms with Crippen molar-refractivity contribution in [1.29, 1.82) is 0 Å². The summed E-state index contributed by atoms with van der Waals surface area (Å²) in [6.07, 6.45) is 1.69. The number of piperazine rings is 1. The monoisotopic (exact) mass is 522 g/mol. The highest BCUT2D eigenvalue weighted by Gasteiger charge is 2.23. The summed E-state index contributed by atoms with van der Waals surface area (Å²) in [5.41, 5.74) is 0.942. The lowest BCUT2D eigenvalue weighted by molar-refractivity contribution is 0.103. The van der Waals surface area contributed by atoms with E-state index in [0.29, 0.717) is 22.5 Å². The van der Waals surface area contributed by atoms with Crippen molar-refractivity contribution in [2.75, 3.05) is 41.7 Å². The number of carbonyl (C=O) groups is 2. The number of fused-ring (bicyclic) bond motifs is 1. The van der Waals surface area contributed by atoms with Crippen molar-refractivity contribution in [3.8, 4) is 0 Å². The fourth-order valence-electron chi connectivity index (χ4n) is 4.01. The van der Waals surface area contributed by atoms with Gasteiger partial charge in [0.2, 0.25) is 0 Å². The van der Waals surface area contributed by atoms with E-state index in [1.165, 1.54) is 42.5 Å². The van der Waals surface area contributed by atoms with Gasteiger partial charge in [-0.3, -0.25) is 9.78 Å². The lowest BCUT2D eigenvalue weighted by Crippen LogP contribution is -2.43. The fraction of sp³-hybridized carbons (Fsp3) is 0.154. The highest BCUT2D eigenvalue weighted by Crippen LogP contribution is 2.29. The minimum Gasteiger partial charge on any atom is -0.353 e. The molecule has 1 aliphatic heterocycles. The molecule has 0 radical (unpaired) electrons. The first kappa shape index (κ1) is 24.5. The molecule has 0 saturated carbocycles. The van der Waals surface area contributed by atoms with Crippen LogP contribution in [0.3, 0.4) is 0 Å². The molecule has 0 bridgehead atoms. The zero-order chi connectivity index (χ0) is 25.9. The van der Waals surface area contributed by atoms with Gasteiger partial charge in [0, 0.05) is 37.4 Å². The first-order valence-electron chi connectivity index (χ1n) is 11.5. The molecule has 1 saturated heterocycles. The van der Waals surface area contributed by atoms with E-state index in [1.54, 1.807) is 18.3 Å². The summed E-state index contributed by atoms with van der Waals surface area (Å²) in [5, 5.41) is 8.00. The zero-order valence-electron chi connectivity index (χ0n) is 19.4. The number of anilines is 3.